The Balaban J connectivity index is 2.11. The van der Waals surface area contributed by atoms with Gasteiger partial charge in [-0.25, -0.2) is 9.78 Å². The summed E-state index contributed by atoms with van der Waals surface area (Å²) in [6.07, 6.45) is 4.90. The molecule has 86 valence electrons. The van der Waals surface area contributed by atoms with Gasteiger partial charge < -0.3 is 4.74 Å². The number of carbonyl (C=O) groups is 1. The molecular weight excluding hydrogens is 242 g/mol. The van der Waals surface area contributed by atoms with E-state index in [1.807, 2.05) is 6.19 Å². The van der Waals surface area contributed by atoms with Crippen molar-refractivity contribution in [3.05, 3.63) is 40.8 Å². The van der Waals surface area contributed by atoms with Crippen molar-refractivity contribution in [3.8, 4) is 6.19 Å². The van der Waals surface area contributed by atoms with Crippen LogP contribution in [0.4, 0.5) is 0 Å². The molecule has 0 atom stereocenters. The van der Waals surface area contributed by atoms with Crippen LogP contribution in [0.3, 0.4) is 0 Å². The molecule has 0 saturated carbocycles. The van der Waals surface area contributed by atoms with E-state index in [2.05, 4.69) is 4.98 Å². The van der Waals surface area contributed by atoms with Gasteiger partial charge in [0.25, 0.3) is 0 Å². The fourth-order valence-corrected chi connectivity index (χ4v) is 1.52. The van der Waals surface area contributed by atoms with E-state index in [1.54, 1.807) is 18.3 Å². The van der Waals surface area contributed by atoms with Crippen LogP contribution in [0.1, 0.15) is 5.56 Å². The zero-order valence-electron chi connectivity index (χ0n) is 8.76. The molecule has 0 saturated heterocycles. The van der Waals surface area contributed by atoms with Gasteiger partial charge in [0.1, 0.15) is 11.8 Å². The number of cyclic esters (lactones) is 1. The van der Waals surface area contributed by atoms with Gasteiger partial charge in [-0.15, -0.1) is 0 Å². The molecule has 1 aromatic heterocycles. The van der Waals surface area contributed by atoms with Crippen LogP contribution in [0.25, 0.3) is 0 Å². The third-order valence-electron chi connectivity index (χ3n) is 2.24. The molecule has 2 rings (SSSR count). The van der Waals surface area contributed by atoms with Crippen molar-refractivity contribution in [3.63, 3.8) is 0 Å². The van der Waals surface area contributed by atoms with E-state index in [1.165, 1.54) is 11.0 Å². The standard InChI is InChI=1S/C11H8ClN3O2/c12-10-2-1-8(4-14-10)5-15(7-13)9-3-11(16)17-6-9/h1-4H,5-6H2. The predicted octanol–water partition coefficient (Wildman–Crippen LogP) is 1.46. The summed E-state index contributed by atoms with van der Waals surface area (Å²) in [4.78, 5) is 16.2. The van der Waals surface area contributed by atoms with Gasteiger partial charge in [-0.3, -0.25) is 4.90 Å². The molecule has 1 aromatic rings. The number of carbonyl (C=O) groups excluding carboxylic acids is 1. The first-order valence-electron chi connectivity index (χ1n) is 4.84. The molecule has 1 aliphatic heterocycles. The molecule has 0 amide bonds. The quantitative estimate of drug-likeness (QED) is 0.351. The van der Waals surface area contributed by atoms with Crippen molar-refractivity contribution in [1.82, 2.24) is 9.88 Å². The Hall–Kier alpha value is -2.06. The normalized spacial score (nSPS) is 13.9. The van der Waals surface area contributed by atoms with Crippen molar-refractivity contribution in [2.24, 2.45) is 0 Å². The number of ether oxygens (including phenoxy) is 1. The number of nitrogens with zero attached hydrogens (tertiary/aromatic N) is 3. The lowest BCUT2D eigenvalue weighted by Gasteiger charge is -2.15. The minimum Gasteiger partial charge on any atom is -0.456 e. The Morgan fingerprint density at radius 3 is 2.94 bits per heavy atom. The Morgan fingerprint density at radius 1 is 1.59 bits per heavy atom. The SMILES string of the molecule is N#CN(Cc1ccc(Cl)nc1)C1=CC(=O)OC1. The molecule has 2 heterocycles. The molecule has 0 N–H and O–H groups in total. The number of nitriles is 1. The average molecular weight is 250 g/mol. The van der Waals surface area contributed by atoms with Gasteiger partial charge in [0, 0.05) is 12.3 Å². The maximum Gasteiger partial charge on any atom is 0.333 e. The van der Waals surface area contributed by atoms with Crippen LogP contribution >= 0.6 is 11.6 Å². The molecule has 0 unspecified atom stereocenters. The molecule has 0 radical (unpaired) electrons. The number of hydrogen-bond acceptors (Lipinski definition) is 5. The smallest absolute Gasteiger partial charge is 0.333 e. The summed E-state index contributed by atoms with van der Waals surface area (Å²) in [7, 11) is 0. The molecule has 1 aliphatic rings. The lowest BCUT2D eigenvalue weighted by atomic mass is 10.2. The second kappa shape index (κ2) is 4.85. The minimum absolute atomic E-state index is 0.132. The summed E-state index contributed by atoms with van der Waals surface area (Å²) in [6, 6.07) is 3.43. The van der Waals surface area contributed by atoms with Crippen molar-refractivity contribution in [2.45, 2.75) is 6.54 Å². The molecule has 0 fully saturated rings. The first-order valence-corrected chi connectivity index (χ1v) is 5.22. The molecule has 6 heteroatoms. The van der Waals surface area contributed by atoms with Crippen molar-refractivity contribution in [2.75, 3.05) is 6.61 Å². The van der Waals surface area contributed by atoms with Crippen LogP contribution < -0.4 is 0 Å². The molecule has 0 aliphatic carbocycles. The zero-order valence-corrected chi connectivity index (χ0v) is 9.52. The Morgan fingerprint density at radius 2 is 2.41 bits per heavy atom. The van der Waals surface area contributed by atoms with Gasteiger partial charge in [0.05, 0.1) is 12.2 Å². The number of esters is 1. The lowest BCUT2D eigenvalue weighted by Crippen LogP contribution is -2.17. The summed E-state index contributed by atoms with van der Waals surface area (Å²) in [5, 5.41) is 9.41. The van der Waals surface area contributed by atoms with E-state index in [0.29, 0.717) is 17.4 Å². The average Bonchev–Trinajstić information content (AvgIpc) is 2.75. The van der Waals surface area contributed by atoms with E-state index in [0.717, 1.165) is 5.56 Å². The number of aromatic nitrogens is 1. The number of halogens is 1. The molecule has 5 nitrogen and oxygen atoms in total. The predicted molar refractivity (Wildman–Crippen MR) is 59.4 cm³/mol. The van der Waals surface area contributed by atoms with Crippen LogP contribution in [0.2, 0.25) is 5.15 Å². The monoisotopic (exact) mass is 249 g/mol. The first kappa shape index (κ1) is 11.4. The molecule has 0 aromatic carbocycles. The summed E-state index contributed by atoms with van der Waals surface area (Å²) >= 11 is 5.66. The van der Waals surface area contributed by atoms with Gasteiger partial charge in [-0.2, -0.15) is 5.26 Å². The van der Waals surface area contributed by atoms with Gasteiger partial charge in [0.2, 0.25) is 0 Å². The Bertz CT molecular complexity index is 504. The van der Waals surface area contributed by atoms with Crippen LogP contribution in [-0.2, 0) is 16.1 Å². The topological polar surface area (TPSA) is 66.2 Å². The summed E-state index contributed by atoms with van der Waals surface area (Å²) in [5.74, 6) is -0.422. The third kappa shape index (κ3) is 2.74. The van der Waals surface area contributed by atoms with E-state index in [4.69, 9.17) is 21.6 Å². The van der Waals surface area contributed by atoms with Crippen LogP contribution in [0.15, 0.2) is 30.1 Å². The highest BCUT2D eigenvalue weighted by Crippen LogP contribution is 2.15. The third-order valence-corrected chi connectivity index (χ3v) is 2.47. The van der Waals surface area contributed by atoms with Crippen molar-refractivity contribution >= 4 is 17.6 Å². The second-order valence-electron chi connectivity index (χ2n) is 3.42. The van der Waals surface area contributed by atoms with Gasteiger partial charge in [-0.1, -0.05) is 17.7 Å². The van der Waals surface area contributed by atoms with Crippen LogP contribution in [0.5, 0.6) is 0 Å². The highest BCUT2D eigenvalue weighted by atomic mass is 35.5. The van der Waals surface area contributed by atoms with Crippen LogP contribution in [0, 0.1) is 11.5 Å². The maximum absolute atomic E-state index is 10.9. The van der Waals surface area contributed by atoms with E-state index >= 15 is 0 Å². The fraction of sp³-hybridized carbons (Fsp3) is 0.182. The minimum atomic E-state index is -0.422. The zero-order chi connectivity index (χ0) is 12.3. The second-order valence-corrected chi connectivity index (χ2v) is 3.81. The Labute approximate surface area is 103 Å². The lowest BCUT2D eigenvalue weighted by molar-refractivity contribution is -0.135. The molecule has 17 heavy (non-hydrogen) atoms. The molecule has 0 spiro atoms. The molecular formula is C11H8ClN3O2. The van der Waals surface area contributed by atoms with Gasteiger partial charge in [-0.05, 0) is 11.6 Å². The van der Waals surface area contributed by atoms with Gasteiger partial charge in [0.15, 0.2) is 6.19 Å². The Kier molecular flexibility index (Phi) is 3.26. The van der Waals surface area contributed by atoms with E-state index < -0.39 is 5.97 Å². The van der Waals surface area contributed by atoms with Crippen molar-refractivity contribution in [1.29, 1.82) is 5.26 Å². The molecule has 0 bridgehead atoms. The summed E-state index contributed by atoms with van der Waals surface area (Å²) in [6.45, 7) is 0.469. The summed E-state index contributed by atoms with van der Waals surface area (Å²) in [5.41, 5.74) is 1.38. The largest absolute Gasteiger partial charge is 0.456 e. The maximum atomic E-state index is 10.9. The van der Waals surface area contributed by atoms with E-state index in [-0.39, 0.29) is 6.61 Å². The van der Waals surface area contributed by atoms with E-state index in [9.17, 15) is 4.79 Å². The fourth-order valence-electron chi connectivity index (χ4n) is 1.40. The summed E-state index contributed by atoms with van der Waals surface area (Å²) < 4.78 is 4.74. The van der Waals surface area contributed by atoms with Crippen molar-refractivity contribution < 1.29 is 9.53 Å². The van der Waals surface area contributed by atoms with Gasteiger partial charge >= 0.3 is 5.97 Å². The first-order chi connectivity index (χ1) is 8.19. The van der Waals surface area contributed by atoms with Crippen LogP contribution in [-0.4, -0.2) is 22.5 Å². The number of rotatable bonds is 3. The number of hydrogen-bond donors (Lipinski definition) is 0. The highest BCUT2D eigenvalue weighted by molar-refractivity contribution is 6.29. The number of pyridine rings is 1. The highest BCUT2D eigenvalue weighted by Gasteiger charge is 2.19.